The van der Waals surface area contributed by atoms with Gasteiger partial charge in [0.1, 0.15) is 23.3 Å². The number of anilines is 4. The number of alkyl halides is 1. The molecule has 1 aromatic heterocycles. The van der Waals surface area contributed by atoms with Crippen LogP contribution in [0.15, 0.2) is 54.7 Å². The van der Waals surface area contributed by atoms with Crippen molar-refractivity contribution in [2.45, 2.75) is 25.4 Å². The molecule has 194 valence electrons. The van der Waals surface area contributed by atoms with Gasteiger partial charge in [0.05, 0.1) is 11.3 Å². The second kappa shape index (κ2) is 11.9. The second-order valence-electron chi connectivity index (χ2n) is 8.74. The minimum Gasteiger partial charge on any atom is -0.380 e. The minimum atomic E-state index is -0.685. The van der Waals surface area contributed by atoms with Crippen molar-refractivity contribution in [2.75, 3.05) is 34.5 Å². The number of carbonyl (C=O) groups is 2. The van der Waals surface area contributed by atoms with Gasteiger partial charge in [-0.3, -0.25) is 9.59 Å². The molecule has 1 fully saturated rings. The van der Waals surface area contributed by atoms with Crippen LogP contribution in [0.1, 0.15) is 28.8 Å². The topological polar surface area (TPSA) is 112 Å². The predicted octanol–water partition coefficient (Wildman–Crippen LogP) is 4.14. The molecule has 2 amide bonds. The standard InChI is InChI=1S/C26H27ClF2N6O2/c27-13-25(36)34-20-5-7-35(8-6-20)21-3-1-19(2-4-21)33-24-12-23(22(15-32-24)26(30)37)31-14-16-9-17(28)11-18(29)10-16/h1-4,9-12,15,20H,5-8,13-14H2,(H2,30,37)(H,34,36)(H2,31,32,33). The van der Waals surface area contributed by atoms with Crippen LogP contribution >= 0.6 is 11.6 Å². The van der Waals surface area contributed by atoms with Crippen LogP contribution in [0.2, 0.25) is 0 Å². The predicted molar refractivity (Wildman–Crippen MR) is 140 cm³/mol. The van der Waals surface area contributed by atoms with Gasteiger partial charge < -0.3 is 26.6 Å². The zero-order valence-corrected chi connectivity index (χ0v) is 20.7. The molecule has 0 aliphatic carbocycles. The highest BCUT2D eigenvalue weighted by Crippen LogP contribution is 2.26. The van der Waals surface area contributed by atoms with Crippen LogP contribution < -0.4 is 26.6 Å². The van der Waals surface area contributed by atoms with Crippen LogP contribution in [0, 0.1) is 11.6 Å². The fourth-order valence-electron chi connectivity index (χ4n) is 4.23. The fourth-order valence-corrected chi connectivity index (χ4v) is 4.31. The summed E-state index contributed by atoms with van der Waals surface area (Å²) in [6, 6.07) is 12.8. The molecule has 1 aliphatic heterocycles. The summed E-state index contributed by atoms with van der Waals surface area (Å²) in [7, 11) is 0. The summed E-state index contributed by atoms with van der Waals surface area (Å²) < 4.78 is 27.0. The zero-order chi connectivity index (χ0) is 26.4. The van der Waals surface area contributed by atoms with E-state index in [0.717, 1.165) is 43.4 Å². The smallest absolute Gasteiger partial charge is 0.252 e. The molecule has 0 spiro atoms. The summed E-state index contributed by atoms with van der Waals surface area (Å²) in [5.74, 6) is -1.76. The van der Waals surface area contributed by atoms with E-state index >= 15 is 0 Å². The van der Waals surface area contributed by atoms with Gasteiger partial charge in [-0.25, -0.2) is 13.8 Å². The molecule has 37 heavy (non-hydrogen) atoms. The van der Waals surface area contributed by atoms with Crippen LogP contribution in [0.3, 0.4) is 0 Å². The lowest BCUT2D eigenvalue weighted by atomic mass is 10.0. The van der Waals surface area contributed by atoms with Gasteiger partial charge in [-0.2, -0.15) is 0 Å². The third-order valence-corrected chi connectivity index (χ3v) is 6.30. The number of rotatable bonds is 9. The van der Waals surface area contributed by atoms with E-state index in [1.807, 2.05) is 24.3 Å². The number of aromatic nitrogens is 1. The average Bonchev–Trinajstić information content (AvgIpc) is 2.88. The van der Waals surface area contributed by atoms with Gasteiger partial charge in [0.15, 0.2) is 0 Å². The maximum atomic E-state index is 13.5. The molecule has 5 N–H and O–H groups in total. The Morgan fingerprint density at radius 1 is 1.05 bits per heavy atom. The highest BCUT2D eigenvalue weighted by atomic mass is 35.5. The molecule has 8 nitrogen and oxygen atoms in total. The molecule has 0 radical (unpaired) electrons. The third kappa shape index (κ3) is 7.07. The Morgan fingerprint density at radius 3 is 2.35 bits per heavy atom. The molecular weight excluding hydrogens is 502 g/mol. The van der Waals surface area contributed by atoms with Crippen LogP contribution in [0.25, 0.3) is 0 Å². The quantitative estimate of drug-likeness (QED) is 0.311. The molecule has 1 saturated heterocycles. The summed E-state index contributed by atoms with van der Waals surface area (Å²) in [5.41, 5.74) is 8.23. The number of primary amides is 1. The first-order valence-corrected chi connectivity index (χ1v) is 12.3. The number of benzene rings is 2. The van der Waals surface area contributed by atoms with Crippen LogP contribution in [-0.2, 0) is 11.3 Å². The van der Waals surface area contributed by atoms with E-state index in [2.05, 4.69) is 25.8 Å². The van der Waals surface area contributed by atoms with Gasteiger partial charge in [0.25, 0.3) is 5.91 Å². The molecule has 0 bridgehead atoms. The Bertz CT molecular complexity index is 1250. The summed E-state index contributed by atoms with van der Waals surface area (Å²) in [6.07, 6.45) is 3.04. The Morgan fingerprint density at radius 2 is 1.73 bits per heavy atom. The molecule has 0 unspecified atom stereocenters. The van der Waals surface area contributed by atoms with Crippen molar-refractivity contribution in [3.05, 3.63) is 77.5 Å². The average molecular weight is 529 g/mol. The second-order valence-corrected chi connectivity index (χ2v) is 9.01. The van der Waals surface area contributed by atoms with Crippen molar-refractivity contribution >= 4 is 46.3 Å². The highest BCUT2D eigenvalue weighted by molar-refractivity contribution is 6.27. The van der Waals surface area contributed by atoms with E-state index in [1.165, 1.54) is 18.3 Å². The zero-order valence-electron chi connectivity index (χ0n) is 19.9. The van der Waals surface area contributed by atoms with E-state index < -0.39 is 17.5 Å². The maximum absolute atomic E-state index is 13.5. The first-order chi connectivity index (χ1) is 17.8. The third-order valence-electron chi connectivity index (χ3n) is 6.06. The van der Waals surface area contributed by atoms with Gasteiger partial charge in [-0.15, -0.1) is 11.6 Å². The van der Waals surface area contributed by atoms with Crippen molar-refractivity contribution in [3.63, 3.8) is 0 Å². The molecular formula is C26H27ClF2N6O2. The molecule has 0 atom stereocenters. The number of nitrogens with two attached hydrogens (primary N) is 1. The Labute approximate surface area is 218 Å². The summed E-state index contributed by atoms with van der Waals surface area (Å²) in [4.78, 5) is 29.9. The van der Waals surface area contributed by atoms with Crippen molar-refractivity contribution in [3.8, 4) is 0 Å². The first-order valence-electron chi connectivity index (χ1n) is 11.8. The van der Waals surface area contributed by atoms with Crippen molar-refractivity contribution in [1.82, 2.24) is 10.3 Å². The van der Waals surface area contributed by atoms with Gasteiger partial charge in [0.2, 0.25) is 5.91 Å². The van der Waals surface area contributed by atoms with Crippen LogP contribution in [-0.4, -0.2) is 41.8 Å². The summed E-state index contributed by atoms with van der Waals surface area (Å²) in [5, 5.41) is 9.13. The van der Waals surface area contributed by atoms with Gasteiger partial charge in [0, 0.05) is 55.4 Å². The van der Waals surface area contributed by atoms with Gasteiger partial charge in [-0.05, 0) is 54.8 Å². The lowest BCUT2D eigenvalue weighted by molar-refractivity contribution is -0.119. The van der Waals surface area contributed by atoms with E-state index in [4.69, 9.17) is 17.3 Å². The molecule has 2 heterocycles. The number of hydrogen-bond donors (Lipinski definition) is 4. The molecule has 4 rings (SSSR count). The largest absolute Gasteiger partial charge is 0.380 e. The minimum absolute atomic E-state index is 0.0284. The molecule has 3 aromatic rings. The number of amides is 2. The van der Waals surface area contributed by atoms with Crippen LogP contribution in [0.5, 0.6) is 0 Å². The van der Waals surface area contributed by atoms with Gasteiger partial charge in [-0.1, -0.05) is 0 Å². The fraction of sp³-hybridized carbons (Fsp3) is 0.269. The number of pyridine rings is 1. The molecule has 0 saturated carbocycles. The Hall–Kier alpha value is -3.92. The lowest BCUT2D eigenvalue weighted by Crippen LogP contribution is -2.45. The Balaban J connectivity index is 1.40. The van der Waals surface area contributed by atoms with Crippen LogP contribution in [0.4, 0.5) is 31.7 Å². The number of halogens is 3. The van der Waals surface area contributed by atoms with E-state index in [1.54, 1.807) is 6.07 Å². The lowest BCUT2D eigenvalue weighted by Gasteiger charge is -2.34. The van der Waals surface area contributed by atoms with Crippen molar-refractivity contribution in [1.29, 1.82) is 0 Å². The molecule has 1 aliphatic rings. The van der Waals surface area contributed by atoms with E-state index in [-0.39, 0.29) is 29.9 Å². The number of nitrogens with one attached hydrogen (secondary N) is 3. The van der Waals surface area contributed by atoms with E-state index in [9.17, 15) is 18.4 Å². The monoisotopic (exact) mass is 528 g/mol. The summed E-state index contributed by atoms with van der Waals surface area (Å²) >= 11 is 5.57. The SMILES string of the molecule is NC(=O)c1cnc(Nc2ccc(N3CCC(NC(=O)CCl)CC3)cc2)cc1NCc1cc(F)cc(F)c1. The summed E-state index contributed by atoms with van der Waals surface area (Å²) in [6.45, 7) is 1.72. The van der Waals surface area contributed by atoms with Crippen molar-refractivity contribution in [2.24, 2.45) is 5.73 Å². The molecule has 11 heteroatoms. The maximum Gasteiger partial charge on any atom is 0.252 e. The first kappa shape index (κ1) is 26.2. The number of nitrogens with zero attached hydrogens (tertiary/aromatic N) is 2. The normalized spacial score (nSPS) is 13.8. The van der Waals surface area contributed by atoms with Gasteiger partial charge >= 0.3 is 0 Å². The van der Waals surface area contributed by atoms with Crippen molar-refractivity contribution < 1.29 is 18.4 Å². The Kier molecular flexibility index (Phi) is 8.39. The molecule has 2 aromatic carbocycles. The highest BCUT2D eigenvalue weighted by Gasteiger charge is 2.20. The van der Waals surface area contributed by atoms with E-state index in [0.29, 0.717) is 17.1 Å². The number of hydrogen-bond acceptors (Lipinski definition) is 6. The number of carbonyl (C=O) groups excluding carboxylic acids is 2. The number of piperidine rings is 1.